The molecule has 0 heterocycles. The number of unbranched alkanes of at least 4 members (excludes halogenated alkanes) is 4. The number of carbonyl (C=O) groups is 3. The fraction of sp³-hybridized carbons (Fsp3) is 0.679. The van der Waals surface area contributed by atoms with E-state index in [1.807, 2.05) is 18.2 Å². The Kier molecular flexibility index (Phi) is 11.8. The van der Waals surface area contributed by atoms with Crippen molar-refractivity contribution in [2.75, 3.05) is 6.61 Å². The summed E-state index contributed by atoms with van der Waals surface area (Å²) in [5.41, 5.74) is -0.584. The number of ether oxygens (including phenoxy) is 1. The van der Waals surface area contributed by atoms with Crippen molar-refractivity contribution < 1.29 is 24.2 Å². The van der Waals surface area contributed by atoms with Gasteiger partial charge in [0.2, 0.25) is 0 Å². The van der Waals surface area contributed by atoms with E-state index in [4.69, 9.17) is 4.74 Å². The van der Waals surface area contributed by atoms with Crippen molar-refractivity contribution in [1.29, 1.82) is 0 Å². The van der Waals surface area contributed by atoms with E-state index in [-0.39, 0.29) is 30.0 Å². The second kappa shape index (κ2) is 14.3. The van der Waals surface area contributed by atoms with E-state index in [9.17, 15) is 19.5 Å². The largest absolute Gasteiger partial charge is 0.458 e. The highest BCUT2D eigenvalue weighted by Crippen LogP contribution is 2.44. The Hall–Kier alpha value is -2.01. The third kappa shape index (κ3) is 10.2. The molecule has 0 spiro atoms. The van der Waals surface area contributed by atoms with Gasteiger partial charge in [0, 0.05) is 25.2 Å². The zero-order valence-corrected chi connectivity index (χ0v) is 20.5. The lowest BCUT2D eigenvalue weighted by Crippen LogP contribution is -2.30. The van der Waals surface area contributed by atoms with Crippen LogP contribution in [0.2, 0.25) is 0 Å². The maximum Gasteiger partial charge on any atom is 0.303 e. The maximum atomic E-state index is 12.3. The number of ketones is 2. The summed E-state index contributed by atoms with van der Waals surface area (Å²) in [6, 6.07) is 0. The number of Topliss-reactive ketones (excluding diaryl/α,β-unsaturated/α-hetero) is 1. The summed E-state index contributed by atoms with van der Waals surface area (Å²) >= 11 is 0. The molecule has 0 aromatic rings. The number of allylic oxidation sites excluding steroid dienone is 5. The average Bonchev–Trinajstić information content (AvgIpc) is 3.58. The molecule has 0 amide bonds. The van der Waals surface area contributed by atoms with E-state index in [1.165, 1.54) is 26.2 Å². The lowest BCUT2D eigenvalue weighted by Gasteiger charge is -2.27. The van der Waals surface area contributed by atoms with Gasteiger partial charge in [-0.25, -0.2) is 0 Å². The summed E-state index contributed by atoms with van der Waals surface area (Å²) in [6.07, 6.45) is 22.9. The fourth-order valence-electron chi connectivity index (χ4n) is 4.54. The highest BCUT2D eigenvalue weighted by Gasteiger charge is 2.42. The Bertz CT molecular complexity index is 731. The average molecular weight is 459 g/mol. The lowest BCUT2D eigenvalue weighted by molar-refractivity contribution is -0.145. The highest BCUT2D eigenvalue weighted by molar-refractivity contribution is 5.95. The third-order valence-corrected chi connectivity index (χ3v) is 6.76. The van der Waals surface area contributed by atoms with Crippen LogP contribution < -0.4 is 0 Å². The van der Waals surface area contributed by atoms with Gasteiger partial charge in [-0.1, -0.05) is 63.0 Å². The predicted molar refractivity (Wildman–Crippen MR) is 131 cm³/mol. The normalized spacial score (nSPS) is 22.3. The van der Waals surface area contributed by atoms with Gasteiger partial charge in [0.1, 0.15) is 6.61 Å². The standard InChI is InChI=1S/C28H42O5/c1-3-4-5-10-19-28(32,24-16-17-24)20-11-12-23-15-18-27(31)26(23)14-9-7-6-8-13-25(30)21-33-22(2)29/h7,9,11-12,15,18,23-24,26,32H,3-6,8,10,13-14,16-17,19-21H2,1-2H3/b9-7-,12-11+/t23-,26+,28?/m0/s1. The van der Waals surface area contributed by atoms with Crippen molar-refractivity contribution in [1.82, 2.24) is 0 Å². The lowest BCUT2D eigenvalue weighted by atomic mass is 9.86. The van der Waals surface area contributed by atoms with E-state index in [0.29, 0.717) is 31.6 Å². The molecule has 5 nitrogen and oxygen atoms in total. The van der Waals surface area contributed by atoms with Crippen molar-refractivity contribution in [3.8, 4) is 0 Å². The van der Waals surface area contributed by atoms with E-state index >= 15 is 0 Å². The molecule has 2 aliphatic carbocycles. The number of carbonyl (C=O) groups excluding carboxylic acids is 3. The molecular weight excluding hydrogens is 416 g/mol. The first kappa shape index (κ1) is 27.2. The van der Waals surface area contributed by atoms with Crippen LogP contribution in [0.15, 0.2) is 36.5 Å². The summed E-state index contributed by atoms with van der Waals surface area (Å²) in [6.45, 7) is 3.34. The van der Waals surface area contributed by atoms with Crippen molar-refractivity contribution >= 4 is 17.5 Å². The van der Waals surface area contributed by atoms with Crippen LogP contribution in [0.1, 0.15) is 90.9 Å². The molecule has 1 unspecified atom stereocenters. The van der Waals surface area contributed by atoms with E-state index in [2.05, 4.69) is 19.1 Å². The predicted octanol–water partition coefficient (Wildman–Crippen LogP) is 5.66. The number of aliphatic hydroxyl groups is 1. The van der Waals surface area contributed by atoms with Gasteiger partial charge in [-0.3, -0.25) is 14.4 Å². The maximum absolute atomic E-state index is 12.3. The van der Waals surface area contributed by atoms with Crippen molar-refractivity contribution in [3.63, 3.8) is 0 Å². The Morgan fingerprint density at radius 2 is 1.94 bits per heavy atom. The summed E-state index contributed by atoms with van der Waals surface area (Å²) in [4.78, 5) is 34.6. The Balaban J connectivity index is 1.73. The summed E-state index contributed by atoms with van der Waals surface area (Å²) in [7, 11) is 0. The summed E-state index contributed by atoms with van der Waals surface area (Å²) in [5, 5.41) is 11.2. The van der Waals surface area contributed by atoms with Gasteiger partial charge in [0.25, 0.3) is 0 Å². The minimum atomic E-state index is -0.584. The fourth-order valence-corrected chi connectivity index (χ4v) is 4.54. The smallest absolute Gasteiger partial charge is 0.303 e. The van der Waals surface area contributed by atoms with Gasteiger partial charge in [0.05, 0.1) is 5.60 Å². The van der Waals surface area contributed by atoms with Gasteiger partial charge in [-0.2, -0.15) is 0 Å². The number of esters is 1. The zero-order valence-electron chi connectivity index (χ0n) is 20.5. The molecule has 2 rings (SSSR count). The molecule has 33 heavy (non-hydrogen) atoms. The number of rotatable bonds is 17. The van der Waals surface area contributed by atoms with E-state index in [0.717, 1.165) is 32.1 Å². The van der Waals surface area contributed by atoms with Gasteiger partial charge < -0.3 is 9.84 Å². The Morgan fingerprint density at radius 3 is 2.64 bits per heavy atom. The molecule has 0 aromatic carbocycles. The van der Waals surface area contributed by atoms with Crippen LogP contribution in [0.3, 0.4) is 0 Å². The van der Waals surface area contributed by atoms with Crippen molar-refractivity contribution in [2.24, 2.45) is 17.8 Å². The first-order chi connectivity index (χ1) is 15.9. The van der Waals surface area contributed by atoms with Crippen molar-refractivity contribution in [3.05, 3.63) is 36.5 Å². The minimum Gasteiger partial charge on any atom is -0.458 e. The van der Waals surface area contributed by atoms with Crippen LogP contribution in [0, 0.1) is 17.8 Å². The van der Waals surface area contributed by atoms with Crippen molar-refractivity contribution in [2.45, 2.75) is 96.5 Å². The molecule has 3 atom stereocenters. The van der Waals surface area contributed by atoms with Gasteiger partial charge in [0.15, 0.2) is 11.6 Å². The second-order valence-electron chi connectivity index (χ2n) is 9.68. The van der Waals surface area contributed by atoms with Crippen LogP contribution in [-0.4, -0.2) is 34.9 Å². The molecule has 0 bridgehead atoms. The van der Waals surface area contributed by atoms with Gasteiger partial charge >= 0.3 is 5.97 Å². The summed E-state index contributed by atoms with van der Waals surface area (Å²) < 4.78 is 4.70. The molecule has 0 aliphatic heterocycles. The third-order valence-electron chi connectivity index (χ3n) is 6.76. The highest BCUT2D eigenvalue weighted by atomic mass is 16.5. The molecule has 1 N–H and O–H groups in total. The summed E-state index contributed by atoms with van der Waals surface area (Å²) in [5.74, 6) is 0.0751. The minimum absolute atomic E-state index is 0.0736. The molecule has 1 fully saturated rings. The molecule has 0 radical (unpaired) electrons. The second-order valence-corrected chi connectivity index (χ2v) is 9.68. The molecule has 184 valence electrons. The SMILES string of the molecule is CCCCCCC(O)(C/C=C/[C@H]1C=CC(=O)[C@@H]1C/C=C\CCCC(=O)COC(C)=O)C1CC1. The van der Waals surface area contributed by atoms with Crippen LogP contribution >= 0.6 is 0 Å². The topological polar surface area (TPSA) is 80.7 Å². The van der Waals surface area contributed by atoms with E-state index < -0.39 is 11.6 Å². The quantitative estimate of drug-likeness (QED) is 0.173. The monoisotopic (exact) mass is 458 g/mol. The van der Waals surface area contributed by atoms with Crippen LogP contribution in [0.4, 0.5) is 0 Å². The molecule has 2 aliphatic rings. The zero-order chi connectivity index (χ0) is 24.1. The molecular formula is C28H42O5. The van der Waals surface area contributed by atoms with Gasteiger partial charge in [-0.05, 0) is 56.9 Å². The van der Waals surface area contributed by atoms with Crippen LogP contribution in [-0.2, 0) is 19.1 Å². The molecule has 0 saturated heterocycles. The Morgan fingerprint density at radius 1 is 1.15 bits per heavy atom. The number of hydrogen-bond donors (Lipinski definition) is 1. The van der Waals surface area contributed by atoms with Crippen LogP contribution in [0.5, 0.6) is 0 Å². The van der Waals surface area contributed by atoms with Crippen LogP contribution in [0.25, 0.3) is 0 Å². The molecule has 5 heteroatoms. The Labute approximate surface area is 199 Å². The molecule has 1 saturated carbocycles. The van der Waals surface area contributed by atoms with Gasteiger partial charge in [-0.15, -0.1) is 0 Å². The first-order valence-corrected chi connectivity index (χ1v) is 12.8. The molecule has 0 aromatic heterocycles. The number of hydrogen-bond acceptors (Lipinski definition) is 5. The first-order valence-electron chi connectivity index (χ1n) is 12.8. The van der Waals surface area contributed by atoms with E-state index in [1.54, 1.807) is 6.08 Å².